The third kappa shape index (κ3) is 7.64. The van der Waals surface area contributed by atoms with Gasteiger partial charge in [-0.2, -0.15) is 4.31 Å². The number of amides is 2. The summed E-state index contributed by atoms with van der Waals surface area (Å²) in [7, 11) is -4.24. The van der Waals surface area contributed by atoms with Gasteiger partial charge in [0.25, 0.3) is 0 Å². The lowest BCUT2D eigenvalue weighted by atomic mass is 9.96. The standard InChI is InChI=1S/C32H45Cl3N5O4S/c1-6-40(7-2,8-3)17-9-16-38(45(43,44)29-15-14-25(34)19-26(29)35)28-20-36-30-21-37(22(4)5)31(41)27(39(30)32(28)42)18-23-10-12-24(33)13-11-23/h10-15,19,22,27-28,30,36H,6-9,16-18,20-21H2,1-5H3/q+1. The number of hydrogen-bond acceptors (Lipinski definition) is 5. The van der Waals surface area contributed by atoms with Crippen LogP contribution in [-0.4, -0.2) is 109 Å². The monoisotopic (exact) mass is 700 g/mol. The number of nitrogens with one attached hydrogen (secondary N) is 1. The van der Waals surface area contributed by atoms with Crippen LogP contribution in [0.1, 0.15) is 46.6 Å². The van der Waals surface area contributed by atoms with E-state index in [0.29, 0.717) is 23.0 Å². The number of carbonyl (C=O) groups excluding carboxylic acids is 2. The smallest absolute Gasteiger partial charge is 0.246 e. The van der Waals surface area contributed by atoms with Gasteiger partial charge in [-0.25, -0.2) is 8.42 Å². The van der Waals surface area contributed by atoms with E-state index in [-0.39, 0.29) is 41.4 Å². The number of benzene rings is 2. The molecule has 0 bridgehead atoms. The molecule has 2 aliphatic heterocycles. The number of rotatable bonds is 13. The molecule has 45 heavy (non-hydrogen) atoms. The molecule has 2 aromatic carbocycles. The molecule has 4 rings (SSSR count). The molecule has 248 valence electrons. The number of sulfonamides is 1. The molecule has 9 nitrogen and oxygen atoms in total. The van der Waals surface area contributed by atoms with Crippen LogP contribution in [0.3, 0.4) is 0 Å². The largest absolute Gasteiger partial charge is 0.335 e. The maximum Gasteiger partial charge on any atom is 0.246 e. The van der Waals surface area contributed by atoms with Crippen molar-refractivity contribution in [1.29, 1.82) is 0 Å². The summed E-state index contributed by atoms with van der Waals surface area (Å²) < 4.78 is 30.8. The fourth-order valence-electron chi connectivity index (χ4n) is 6.55. The highest BCUT2D eigenvalue weighted by atomic mass is 35.5. The predicted molar refractivity (Wildman–Crippen MR) is 180 cm³/mol. The van der Waals surface area contributed by atoms with E-state index in [2.05, 4.69) is 26.1 Å². The van der Waals surface area contributed by atoms with Crippen molar-refractivity contribution in [3.63, 3.8) is 0 Å². The van der Waals surface area contributed by atoms with E-state index in [4.69, 9.17) is 34.8 Å². The highest BCUT2D eigenvalue weighted by Crippen LogP contribution is 2.32. The van der Waals surface area contributed by atoms with E-state index in [9.17, 15) is 18.0 Å². The molecule has 2 aromatic rings. The van der Waals surface area contributed by atoms with E-state index < -0.39 is 34.2 Å². The fraction of sp³-hybridized carbons (Fsp3) is 0.562. The molecule has 0 aromatic heterocycles. The van der Waals surface area contributed by atoms with Gasteiger partial charge in [0.1, 0.15) is 23.1 Å². The maximum absolute atomic E-state index is 14.6. The Kier molecular flexibility index (Phi) is 11.9. The van der Waals surface area contributed by atoms with Gasteiger partial charge in [0.05, 0.1) is 37.7 Å². The number of piperazine rings is 1. The average Bonchev–Trinajstić information content (AvgIpc) is 3.00. The molecule has 0 spiro atoms. The highest BCUT2D eigenvalue weighted by molar-refractivity contribution is 7.89. The summed E-state index contributed by atoms with van der Waals surface area (Å²) in [5.41, 5.74) is 0.849. The Bertz CT molecular complexity index is 1460. The van der Waals surface area contributed by atoms with Crippen LogP contribution in [0.2, 0.25) is 15.1 Å². The molecule has 2 heterocycles. The van der Waals surface area contributed by atoms with Gasteiger partial charge >= 0.3 is 0 Å². The molecule has 2 fully saturated rings. The Balaban J connectivity index is 1.73. The summed E-state index contributed by atoms with van der Waals surface area (Å²) in [5, 5.41) is 4.30. The van der Waals surface area contributed by atoms with Gasteiger partial charge in [0.15, 0.2) is 0 Å². The molecule has 2 aliphatic rings. The zero-order chi connectivity index (χ0) is 33.1. The van der Waals surface area contributed by atoms with Crippen LogP contribution < -0.4 is 5.32 Å². The minimum absolute atomic E-state index is 0.0104. The van der Waals surface area contributed by atoms with Crippen molar-refractivity contribution in [2.24, 2.45) is 0 Å². The minimum Gasteiger partial charge on any atom is -0.335 e. The fourth-order valence-corrected chi connectivity index (χ4v) is 9.04. The molecule has 0 aliphatic carbocycles. The summed E-state index contributed by atoms with van der Waals surface area (Å²) in [6.07, 6.45) is 0.357. The zero-order valence-corrected chi connectivity index (χ0v) is 29.8. The van der Waals surface area contributed by atoms with Crippen molar-refractivity contribution in [3.05, 3.63) is 63.1 Å². The molecule has 1 N–H and O–H groups in total. The van der Waals surface area contributed by atoms with Crippen molar-refractivity contribution >= 4 is 56.6 Å². The van der Waals surface area contributed by atoms with Crippen molar-refractivity contribution in [3.8, 4) is 0 Å². The average molecular weight is 702 g/mol. The second-order valence-corrected chi connectivity index (χ2v) is 15.3. The normalized spacial score (nSPS) is 21.2. The Labute approximate surface area is 283 Å². The van der Waals surface area contributed by atoms with Crippen LogP contribution in [0.5, 0.6) is 0 Å². The second kappa shape index (κ2) is 14.9. The Hall–Kier alpha value is -1.92. The lowest BCUT2D eigenvalue weighted by Crippen LogP contribution is -2.75. The first-order valence-corrected chi connectivity index (χ1v) is 18.3. The maximum atomic E-state index is 14.6. The third-order valence-electron chi connectivity index (χ3n) is 9.51. The minimum atomic E-state index is -4.24. The molecule has 13 heteroatoms. The van der Waals surface area contributed by atoms with E-state index in [1.165, 1.54) is 22.5 Å². The lowest BCUT2D eigenvalue weighted by Gasteiger charge is -2.52. The summed E-state index contributed by atoms with van der Waals surface area (Å²) in [6.45, 7) is 14.4. The van der Waals surface area contributed by atoms with Gasteiger partial charge in [0, 0.05) is 42.0 Å². The van der Waals surface area contributed by atoms with E-state index in [0.717, 1.165) is 36.2 Å². The van der Waals surface area contributed by atoms with Crippen molar-refractivity contribution < 1.29 is 22.5 Å². The molecule has 3 unspecified atom stereocenters. The van der Waals surface area contributed by atoms with Crippen LogP contribution in [0.15, 0.2) is 47.4 Å². The van der Waals surface area contributed by atoms with Gasteiger partial charge in [-0.3, -0.25) is 14.9 Å². The number of hydrogen-bond donors (Lipinski definition) is 1. The SMILES string of the molecule is CC[N+](CC)(CC)CCCN(C1CNC2CN(C(C)C)C(=O)C(Cc3ccc(Cl)cc3)N2C1=O)S(=O)(=O)c1ccc(Cl)cc1Cl. The number of quaternary nitrogens is 1. The zero-order valence-electron chi connectivity index (χ0n) is 26.7. The first-order chi connectivity index (χ1) is 21.3. The number of halogens is 3. The van der Waals surface area contributed by atoms with E-state index in [1.807, 2.05) is 26.0 Å². The number of nitrogens with zero attached hydrogens (tertiary/aromatic N) is 4. The van der Waals surface area contributed by atoms with Crippen LogP contribution in [0, 0.1) is 0 Å². The first-order valence-electron chi connectivity index (χ1n) is 15.7. The van der Waals surface area contributed by atoms with Gasteiger partial charge in [-0.1, -0.05) is 46.9 Å². The van der Waals surface area contributed by atoms with Gasteiger partial charge in [-0.15, -0.1) is 0 Å². The Morgan fingerprint density at radius 2 is 1.58 bits per heavy atom. The quantitative estimate of drug-likeness (QED) is 0.301. The van der Waals surface area contributed by atoms with Crippen molar-refractivity contribution in [1.82, 2.24) is 19.4 Å². The molecule has 2 amide bonds. The summed E-state index contributed by atoms with van der Waals surface area (Å²) in [6, 6.07) is 9.50. The molecule has 0 saturated carbocycles. The van der Waals surface area contributed by atoms with Crippen molar-refractivity contribution in [2.75, 3.05) is 45.8 Å². The summed E-state index contributed by atoms with van der Waals surface area (Å²) in [5.74, 6) is -0.566. The molecular weight excluding hydrogens is 657 g/mol. The van der Waals surface area contributed by atoms with Gasteiger partial charge in [-0.05, 0) is 70.5 Å². The Morgan fingerprint density at radius 3 is 2.16 bits per heavy atom. The molecule has 2 saturated heterocycles. The van der Waals surface area contributed by atoms with Gasteiger partial charge in [0.2, 0.25) is 21.8 Å². The number of fused-ring (bicyclic) bond motifs is 1. The van der Waals surface area contributed by atoms with Crippen molar-refractivity contribution in [2.45, 2.75) is 76.6 Å². The first kappa shape index (κ1) is 35.9. The number of carbonyl (C=O) groups is 2. The van der Waals surface area contributed by atoms with E-state index >= 15 is 0 Å². The molecular formula is C32H45Cl3N5O4S+. The Morgan fingerprint density at radius 1 is 0.956 bits per heavy atom. The molecule has 0 radical (unpaired) electrons. The van der Waals surface area contributed by atoms with E-state index in [1.54, 1.807) is 21.9 Å². The highest BCUT2D eigenvalue weighted by Gasteiger charge is 2.51. The van der Waals surface area contributed by atoms with Gasteiger partial charge < -0.3 is 14.3 Å². The topological polar surface area (TPSA) is 90.0 Å². The van der Waals surface area contributed by atoms with Crippen LogP contribution in [0.25, 0.3) is 0 Å². The van der Waals surface area contributed by atoms with Crippen LogP contribution in [0.4, 0.5) is 0 Å². The second-order valence-electron chi connectivity index (χ2n) is 12.2. The molecule has 3 atom stereocenters. The predicted octanol–water partition coefficient (Wildman–Crippen LogP) is 4.89. The summed E-state index contributed by atoms with van der Waals surface area (Å²) >= 11 is 18.7. The third-order valence-corrected chi connectivity index (χ3v) is 12.4. The lowest BCUT2D eigenvalue weighted by molar-refractivity contribution is -0.923. The van der Waals surface area contributed by atoms with Crippen LogP contribution in [-0.2, 0) is 26.0 Å². The summed E-state index contributed by atoms with van der Waals surface area (Å²) in [4.78, 5) is 31.7. The van der Waals surface area contributed by atoms with Crippen LogP contribution >= 0.6 is 34.8 Å².